The van der Waals surface area contributed by atoms with Gasteiger partial charge in [-0.05, 0) is 68.9 Å². The number of thioether (sulfide) groups is 1. The van der Waals surface area contributed by atoms with E-state index in [0.29, 0.717) is 33.3 Å². The number of allylic oxidation sites excluding steroid dienone is 1. The average molecular weight is 468 g/mol. The van der Waals surface area contributed by atoms with Gasteiger partial charge in [0, 0.05) is 11.6 Å². The first-order valence-corrected chi connectivity index (χ1v) is 12.3. The molecule has 0 unspecified atom stereocenters. The normalized spacial score (nSPS) is 13.8. The Morgan fingerprint density at radius 1 is 1.19 bits per heavy atom. The maximum absolute atomic E-state index is 13.4. The van der Waals surface area contributed by atoms with Crippen molar-refractivity contribution in [2.45, 2.75) is 44.2 Å². The van der Waals surface area contributed by atoms with Gasteiger partial charge in [0.05, 0.1) is 22.3 Å². The maximum atomic E-state index is 13.4. The number of aromatic nitrogens is 2. The van der Waals surface area contributed by atoms with E-state index in [2.05, 4.69) is 11.4 Å². The second-order valence-corrected chi connectivity index (χ2v) is 9.28. The molecule has 2 aromatic carbocycles. The van der Waals surface area contributed by atoms with Crippen LogP contribution >= 0.6 is 23.4 Å². The van der Waals surface area contributed by atoms with Crippen molar-refractivity contribution >= 4 is 40.2 Å². The zero-order valence-electron chi connectivity index (χ0n) is 18.1. The van der Waals surface area contributed by atoms with E-state index >= 15 is 0 Å². The van der Waals surface area contributed by atoms with Crippen molar-refractivity contribution in [1.82, 2.24) is 14.9 Å². The van der Waals surface area contributed by atoms with Crippen molar-refractivity contribution in [3.05, 3.63) is 75.1 Å². The molecule has 0 saturated carbocycles. The Bertz CT molecular complexity index is 1240. The molecule has 0 radical (unpaired) electrons. The fourth-order valence-corrected chi connectivity index (χ4v) is 4.94. The minimum atomic E-state index is -0.173. The highest BCUT2D eigenvalue weighted by Gasteiger charge is 2.17. The molecule has 1 amide bonds. The molecule has 0 saturated heterocycles. The summed E-state index contributed by atoms with van der Waals surface area (Å²) in [5.74, 6) is 0.117. The summed E-state index contributed by atoms with van der Waals surface area (Å²) in [5, 5.41) is 4.58. The first kappa shape index (κ1) is 22.6. The van der Waals surface area contributed by atoms with Crippen LogP contribution in [-0.2, 0) is 4.79 Å². The Hall–Kier alpha value is -2.57. The predicted molar refractivity (Wildman–Crippen MR) is 132 cm³/mol. The van der Waals surface area contributed by atoms with Crippen molar-refractivity contribution in [3.63, 3.8) is 0 Å². The van der Waals surface area contributed by atoms with Gasteiger partial charge in [0.2, 0.25) is 5.91 Å². The van der Waals surface area contributed by atoms with Gasteiger partial charge in [0.25, 0.3) is 5.56 Å². The summed E-state index contributed by atoms with van der Waals surface area (Å²) in [5.41, 5.74) is 3.34. The maximum Gasteiger partial charge on any atom is 0.266 e. The number of benzene rings is 2. The molecular weight excluding hydrogens is 442 g/mol. The SMILES string of the molecule is Cc1c(Cl)cccc1-n1c(SCC(=O)NCCC2=CCCCC2)nc2ccccc2c1=O. The van der Waals surface area contributed by atoms with E-state index in [0.717, 1.165) is 24.8 Å². The van der Waals surface area contributed by atoms with Gasteiger partial charge in [-0.15, -0.1) is 0 Å². The van der Waals surface area contributed by atoms with Gasteiger partial charge in [-0.2, -0.15) is 0 Å². The lowest BCUT2D eigenvalue weighted by molar-refractivity contribution is -0.118. The molecule has 4 rings (SSSR count). The van der Waals surface area contributed by atoms with Gasteiger partial charge in [0.15, 0.2) is 5.16 Å². The van der Waals surface area contributed by atoms with Gasteiger partial charge in [-0.3, -0.25) is 14.2 Å². The van der Waals surface area contributed by atoms with Gasteiger partial charge in [-0.1, -0.05) is 53.2 Å². The van der Waals surface area contributed by atoms with E-state index in [9.17, 15) is 9.59 Å². The Kier molecular flexibility index (Phi) is 7.33. The molecular formula is C25H26ClN3O2S. The lowest BCUT2D eigenvalue weighted by Gasteiger charge is -2.16. The number of carbonyl (C=O) groups excluding carboxylic acids is 1. The van der Waals surface area contributed by atoms with Crippen LogP contribution < -0.4 is 10.9 Å². The third kappa shape index (κ3) is 5.08. The third-order valence-corrected chi connectivity index (χ3v) is 7.06. The minimum Gasteiger partial charge on any atom is -0.355 e. The van der Waals surface area contributed by atoms with Crippen molar-refractivity contribution in [3.8, 4) is 5.69 Å². The minimum absolute atomic E-state index is 0.0665. The van der Waals surface area contributed by atoms with Crippen LogP contribution in [0.2, 0.25) is 5.02 Å². The average Bonchev–Trinajstić information content (AvgIpc) is 2.81. The molecule has 0 bridgehead atoms. The van der Waals surface area contributed by atoms with Crippen LogP contribution in [0.5, 0.6) is 0 Å². The zero-order valence-corrected chi connectivity index (χ0v) is 19.6. The molecule has 3 aromatic rings. The molecule has 32 heavy (non-hydrogen) atoms. The van der Waals surface area contributed by atoms with Gasteiger partial charge >= 0.3 is 0 Å². The summed E-state index contributed by atoms with van der Waals surface area (Å²) in [4.78, 5) is 30.6. The topological polar surface area (TPSA) is 64.0 Å². The molecule has 0 atom stereocenters. The first-order chi connectivity index (χ1) is 15.5. The number of halogens is 1. The highest BCUT2D eigenvalue weighted by atomic mass is 35.5. The standard InChI is InChI=1S/C25H26ClN3O2S/c1-17-20(26)11-7-13-22(17)29-24(31)19-10-5-6-12-21(19)28-25(29)32-16-23(30)27-15-14-18-8-3-2-4-9-18/h5-8,10-13H,2-4,9,14-16H2,1H3,(H,27,30). The molecule has 166 valence electrons. The van der Waals surface area contributed by atoms with Crippen LogP contribution in [0, 0.1) is 6.92 Å². The third-order valence-electron chi connectivity index (χ3n) is 5.71. The van der Waals surface area contributed by atoms with Crippen LogP contribution in [0.15, 0.2) is 64.1 Å². The molecule has 0 aliphatic heterocycles. The van der Waals surface area contributed by atoms with E-state index in [4.69, 9.17) is 16.6 Å². The largest absolute Gasteiger partial charge is 0.355 e. The molecule has 1 aliphatic carbocycles. The van der Waals surface area contributed by atoms with E-state index in [1.165, 1.54) is 30.2 Å². The monoisotopic (exact) mass is 467 g/mol. The van der Waals surface area contributed by atoms with E-state index < -0.39 is 0 Å². The number of hydrogen-bond donors (Lipinski definition) is 1. The molecule has 7 heteroatoms. The van der Waals surface area contributed by atoms with E-state index in [1.807, 2.05) is 37.3 Å². The van der Waals surface area contributed by atoms with Crippen LogP contribution in [0.3, 0.4) is 0 Å². The molecule has 1 aliphatic rings. The van der Waals surface area contributed by atoms with Crippen LogP contribution in [-0.4, -0.2) is 27.8 Å². The number of fused-ring (bicyclic) bond motifs is 1. The number of amides is 1. The summed E-state index contributed by atoms with van der Waals surface area (Å²) in [6.07, 6.45) is 7.99. The van der Waals surface area contributed by atoms with Gasteiger partial charge in [0.1, 0.15) is 0 Å². The van der Waals surface area contributed by atoms with Gasteiger partial charge in [-0.25, -0.2) is 4.98 Å². The fourth-order valence-electron chi connectivity index (χ4n) is 3.94. The number of rotatable bonds is 7. The highest BCUT2D eigenvalue weighted by molar-refractivity contribution is 7.99. The van der Waals surface area contributed by atoms with Gasteiger partial charge < -0.3 is 5.32 Å². The summed E-state index contributed by atoms with van der Waals surface area (Å²) < 4.78 is 1.56. The molecule has 1 heterocycles. The summed E-state index contributed by atoms with van der Waals surface area (Å²) in [6, 6.07) is 12.7. The van der Waals surface area contributed by atoms with Crippen LogP contribution in [0.1, 0.15) is 37.7 Å². The Balaban J connectivity index is 1.56. The Morgan fingerprint density at radius 2 is 2.03 bits per heavy atom. The van der Waals surface area contributed by atoms with Crippen LogP contribution in [0.4, 0.5) is 0 Å². The van der Waals surface area contributed by atoms with Crippen molar-refractivity contribution in [1.29, 1.82) is 0 Å². The molecule has 0 spiro atoms. The smallest absolute Gasteiger partial charge is 0.266 e. The van der Waals surface area contributed by atoms with Crippen molar-refractivity contribution in [2.75, 3.05) is 12.3 Å². The predicted octanol–water partition coefficient (Wildman–Crippen LogP) is 5.45. The van der Waals surface area contributed by atoms with Crippen molar-refractivity contribution < 1.29 is 4.79 Å². The van der Waals surface area contributed by atoms with E-state index in [1.54, 1.807) is 16.7 Å². The quantitative estimate of drug-likeness (QED) is 0.285. The summed E-state index contributed by atoms with van der Waals surface area (Å²) >= 11 is 7.59. The second-order valence-electron chi connectivity index (χ2n) is 7.93. The Morgan fingerprint density at radius 3 is 2.84 bits per heavy atom. The molecule has 0 fully saturated rings. The van der Waals surface area contributed by atoms with Crippen molar-refractivity contribution in [2.24, 2.45) is 0 Å². The first-order valence-electron chi connectivity index (χ1n) is 10.9. The summed E-state index contributed by atoms with van der Waals surface area (Å²) in [6.45, 7) is 2.51. The second kappa shape index (κ2) is 10.4. The van der Waals surface area contributed by atoms with Crippen LogP contribution in [0.25, 0.3) is 16.6 Å². The molecule has 1 N–H and O–H groups in total. The van der Waals surface area contributed by atoms with E-state index in [-0.39, 0.29) is 17.2 Å². The number of hydrogen-bond acceptors (Lipinski definition) is 4. The molecule has 1 aromatic heterocycles. The number of para-hydroxylation sites is 1. The zero-order chi connectivity index (χ0) is 22.5. The lowest BCUT2D eigenvalue weighted by Crippen LogP contribution is -2.27. The number of nitrogens with zero attached hydrogens (tertiary/aromatic N) is 2. The number of nitrogens with one attached hydrogen (secondary N) is 1. The number of carbonyl (C=O) groups is 1. The lowest BCUT2D eigenvalue weighted by atomic mass is 9.97. The Labute approximate surface area is 196 Å². The highest BCUT2D eigenvalue weighted by Crippen LogP contribution is 2.26. The summed E-state index contributed by atoms with van der Waals surface area (Å²) in [7, 11) is 0. The fraction of sp³-hybridized carbons (Fsp3) is 0.320. The molecule has 5 nitrogen and oxygen atoms in total.